The number of carbonyl (C=O) groups is 1. The van der Waals surface area contributed by atoms with E-state index >= 15 is 0 Å². The van der Waals surface area contributed by atoms with Crippen molar-refractivity contribution in [1.82, 2.24) is 5.43 Å². The Morgan fingerprint density at radius 2 is 0.959 bits per heavy atom. The predicted molar refractivity (Wildman–Crippen MR) is 195 cm³/mol. The molecular weight excluding hydrogens is 608 g/mol. The number of amides is 1. The lowest BCUT2D eigenvalue weighted by Crippen LogP contribution is -2.18. The molecule has 1 amide bonds. The molecule has 7 aromatic carbocycles. The van der Waals surface area contributed by atoms with Crippen LogP contribution in [0.5, 0.6) is 17.2 Å². The first-order valence-electron chi connectivity index (χ1n) is 16.1. The molecule has 0 aromatic heterocycles. The monoisotopic (exact) mass is 642 g/mol. The molecule has 7 rings (SSSR count). The average molecular weight is 643 g/mol. The molecular formula is C43H34N2O4. The molecule has 0 saturated heterocycles. The van der Waals surface area contributed by atoms with E-state index in [-0.39, 0.29) is 13.2 Å². The van der Waals surface area contributed by atoms with Gasteiger partial charge >= 0.3 is 0 Å². The first-order chi connectivity index (χ1) is 24.2. The minimum Gasteiger partial charge on any atom is -0.485 e. The van der Waals surface area contributed by atoms with E-state index in [1.165, 1.54) is 0 Å². The Morgan fingerprint density at radius 3 is 1.45 bits per heavy atom. The zero-order valence-electron chi connectivity index (χ0n) is 26.8. The van der Waals surface area contributed by atoms with E-state index in [1.807, 2.05) is 115 Å². The van der Waals surface area contributed by atoms with Gasteiger partial charge in [-0.25, -0.2) is 5.43 Å². The quantitative estimate of drug-likeness (QED) is 0.0819. The highest BCUT2D eigenvalue weighted by Crippen LogP contribution is 2.40. The number of carbonyl (C=O) groups excluding carboxylic acids is 1. The molecule has 1 N–H and O–H groups in total. The first kappa shape index (κ1) is 31.2. The van der Waals surface area contributed by atoms with E-state index in [4.69, 9.17) is 14.2 Å². The van der Waals surface area contributed by atoms with Crippen LogP contribution >= 0.6 is 0 Å². The third-order valence-corrected chi connectivity index (χ3v) is 8.16. The fourth-order valence-electron chi connectivity index (χ4n) is 5.67. The Bertz CT molecular complexity index is 2100. The third-order valence-electron chi connectivity index (χ3n) is 8.16. The van der Waals surface area contributed by atoms with Crippen LogP contribution in [0, 0.1) is 0 Å². The van der Waals surface area contributed by atoms with Gasteiger partial charge in [0.05, 0.1) is 6.21 Å². The maximum atomic E-state index is 13.7. The lowest BCUT2D eigenvalue weighted by Gasteiger charge is -2.19. The Balaban J connectivity index is 1.22. The van der Waals surface area contributed by atoms with Crippen LogP contribution in [-0.2, 0) is 19.8 Å². The SMILES string of the molecule is O=C(N/N=C/c1c2ccccc2cc2ccccc12)c1cc(OCc2ccccc2)c(OCc2ccccc2)c(OCc2ccccc2)c1. The minimum absolute atomic E-state index is 0.276. The molecule has 240 valence electrons. The number of nitrogens with one attached hydrogen (secondary N) is 1. The van der Waals surface area contributed by atoms with Crippen molar-refractivity contribution in [3.8, 4) is 17.2 Å². The van der Waals surface area contributed by atoms with Crippen molar-refractivity contribution < 1.29 is 19.0 Å². The highest BCUT2D eigenvalue weighted by molar-refractivity contribution is 6.13. The van der Waals surface area contributed by atoms with Crippen LogP contribution < -0.4 is 19.6 Å². The van der Waals surface area contributed by atoms with Crippen LogP contribution in [-0.4, -0.2) is 12.1 Å². The zero-order chi connectivity index (χ0) is 33.3. The minimum atomic E-state index is -0.412. The highest BCUT2D eigenvalue weighted by Gasteiger charge is 2.20. The predicted octanol–water partition coefficient (Wildman–Crippen LogP) is 9.49. The summed E-state index contributed by atoms with van der Waals surface area (Å²) < 4.78 is 19.1. The number of benzene rings is 7. The zero-order valence-corrected chi connectivity index (χ0v) is 26.8. The number of fused-ring (bicyclic) bond motifs is 2. The normalized spacial score (nSPS) is 11.1. The largest absolute Gasteiger partial charge is 0.485 e. The molecule has 0 bridgehead atoms. The van der Waals surface area contributed by atoms with E-state index in [1.54, 1.807) is 18.3 Å². The maximum Gasteiger partial charge on any atom is 0.271 e. The second-order valence-electron chi connectivity index (χ2n) is 11.6. The summed E-state index contributed by atoms with van der Waals surface area (Å²) in [5.41, 5.74) is 6.92. The molecule has 0 heterocycles. The average Bonchev–Trinajstić information content (AvgIpc) is 3.16. The Hall–Kier alpha value is -6.40. The van der Waals surface area contributed by atoms with E-state index in [0.717, 1.165) is 43.8 Å². The Morgan fingerprint density at radius 1 is 0.531 bits per heavy atom. The van der Waals surface area contributed by atoms with Gasteiger partial charge in [0.2, 0.25) is 5.75 Å². The summed E-state index contributed by atoms with van der Waals surface area (Å²) in [5.74, 6) is 0.779. The van der Waals surface area contributed by atoms with Gasteiger partial charge < -0.3 is 14.2 Å². The molecule has 0 unspecified atom stereocenters. The van der Waals surface area contributed by atoms with Crippen molar-refractivity contribution in [2.75, 3.05) is 0 Å². The summed E-state index contributed by atoms with van der Waals surface area (Å²) in [6, 6.07) is 51.4. The molecule has 0 spiro atoms. The van der Waals surface area contributed by atoms with Gasteiger partial charge in [0.15, 0.2) is 11.5 Å². The van der Waals surface area contributed by atoms with E-state index in [2.05, 4.69) is 40.9 Å². The summed E-state index contributed by atoms with van der Waals surface area (Å²) >= 11 is 0. The van der Waals surface area contributed by atoms with Gasteiger partial charge in [0.25, 0.3) is 5.91 Å². The van der Waals surface area contributed by atoms with Crippen molar-refractivity contribution in [2.45, 2.75) is 19.8 Å². The molecule has 0 fully saturated rings. The number of hydrazone groups is 1. The lowest BCUT2D eigenvalue weighted by atomic mass is 9.97. The molecule has 6 nitrogen and oxygen atoms in total. The molecule has 0 atom stereocenters. The molecule has 49 heavy (non-hydrogen) atoms. The van der Waals surface area contributed by atoms with Crippen LogP contribution in [0.2, 0.25) is 0 Å². The molecule has 0 saturated carbocycles. The number of hydrogen-bond donors (Lipinski definition) is 1. The first-order valence-corrected chi connectivity index (χ1v) is 16.1. The highest BCUT2D eigenvalue weighted by atomic mass is 16.5. The van der Waals surface area contributed by atoms with Gasteiger partial charge in [0, 0.05) is 11.1 Å². The van der Waals surface area contributed by atoms with Gasteiger partial charge in [-0.15, -0.1) is 0 Å². The summed E-state index contributed by atoms with van der Waals surface area (Å²) in [4.78, 5) is 13.7. The van der Waals surface area contributed by atoms with Crippen molar-refractivity contribution in [2.24, 2.45) is 5.10 Å². The number of nitrogens with zero attached hydrogens (tertiary/aromatic N) is 1. The molecule has 0 aliphatic heterocycles. The Labute approximate surface area is 285 Å². The van der Waals surface area contributed by atoms with Crippen molar-refractivity contribution in [3.05, 3.63) is 186 Å². The Kier molecular flexibility index (Phi) is 9.56. The summed E-state index contributed by atoms with van der Waals surface area (Å²) in [5, 5.41) is 8.72. The standard InChI is InChI=1S/C43H34N2O4/c46-43(45-44-27-39-37-22-12-10-20-34(37)24-35-21-11-13-23-38(35)39)36-25-40(47-28-31-14-4-1-5-15-31)42(49-30-33-18-8-3-9-19-33)41(26-36)48-29-32-16-6-2-7-17-32/h1-27H,28-30H2,(H,45,46)/b44-27+. The smallest absolute Gasteiger partial charge is 0.271 e. The van der Waals surface area contributed by atoms with Crippen molar-refractivity contribution in [1.29, 1.82) is 0 Å². The van der Waals surface area contributed by atoms with E-state index < -0.39 is 5.91 Å². The second-order valence-corrected chi connectivity index (χ2v) is 11.6. The fraction of sp³-hybridized carbons (Fsp3) is 0.0698. The van der Waals surface area contributed by atoms with Crippen LogP contribution in [0.1, 0.15) is 32.6 Å². The number of hydrogen-bond acceptors (Lipinski definition) is 5. The summed E-state index contributed by atoms with van der Waals surface area (Å²) in [6.07, 6.45) is 1.71. The van der Waals surface area contributed by atoms with Gasteiger partial charge in [-0.05, 0) is 56.4 Å². The molecule has 0 aliphatic carbocycles. The number of rotatable bonds is 12. The summed E-state index contributed by atoms with van der Waals surface area (Å²) in [7, 11) is 0. The summed E-state index contributed by atoms with van der Waals surface area (Å²) in [6.45, 7) is 0.842. The van der Waals surface area contributed by atoms with Gasteiger partial charge in [0.1, 0.15) is 19.8 Å². The fourth-order valence-corrected chi connectivity index (χ4v) is 5.67. The molecule has 0 aliphatic rings. The maximum absolute atomic E-state index is 13.7. The van der Waals surface area contributed by atoms with Crippen LogP contribution in [0.3, 0.4) is 0 Å². The molecule has 6 heteroatoms. The van der Waals surface area contributed by atoms with E-state index in [9.17, 15) is 4.79 Å². The van der Waals surface area contributed by atoms with Crippen LogP contribution in [0.4, 0.5) is 0 Å². The third kappa shape index (κ3) is 7.61. The van der Waals surface area contributed by atoms with E-state index in [0.29, 0.717) is 29.4 Å². The number of ether oxygens (including phenoxy) is 3. The van der Waals surface area contributed by atoms with Crippen molar-refractivity contribution in [3.63, 3.8) is 0 Å². The van der Waals surface area contributed by atoms with Crippen LogP contribution in [0.15, 0.2) is 163 Å². The molecule has 0 radical (unpaired) electrons. The second kappa shape index (κ2) is 15.0. The lowest BCUT2D eigenvalue weighted by molar-refractivity contribution is 0.0953. The van der Waals surface area contributed by atoms with Gasteiger partial charge in [-0.2, -0.15) is 5.10 Å². The van der Waals surface area contributed by atoms with Gasteiger partial charge in [-0.3, -0.25) is 4.79 Å². The van der Waals surface area contributed by atoms with Gasteiger partial charge in [-0.1, -0.05) is 140 Å². The van der Waals surface area contributed by atoms with Crippen molar-refractivity contribution >= 4 is 33.7 Å². The molecule has 7 aromatic rings. The topological polar surface area (TPSA) is 69.2 Å². The van der Waals surface area contributed by atoms with Crippen LogP contribution in [0.25, 0.3) is 21.5 Å².